The second-order valence-corrected chi connectivity index (χ2v) is 14.2. The number of methoxy groups -OCH3 is 1. The van der Waals surface area contributed by atoms with Crippen molar-refractivity contribution in [3.8, 4) is 11.5 Å². The van der Waals surface area contributed by atoms with Crippen molar-refractivity contribution < 1.29 is 33.9 Å². The molecule has 6 unspecified atom stereocenters. The first kappa shape index (κ1) is 34.5. The van der Waals surface area contributed by atoms with E-state index in [4.69, 9.17) is 4.74 Å². The summed E-state index contributed by atoms with van der Waals surface area (Å²) in [6.45, 7) is 1.94. The maximum atomic E-state index is 15.2. The van der Waals surface area contributed by atoms with Crippen LogP contribution in [0.1, 0.15) is 29.5 Å². The molecule has 2 aliphatic carbocycles. The number of aromatic hydroxyl groups is 1. The topological polar surface area (TPSA) is 159 Å². The largest absolute Gasteiger partial charge is 0.504 e. The van der Waals surface area contributed by atoms with Crippen molar-refractivity contribution in [2.75, 3.05) is 17.4 Å². The number of hydrogen-bond donors (Lipinski definition) is 2. The molecule has 0 bridgehead atoms. The lowest BCUT2D eigenvalue weighted by Gasteiger charge is -2.49. The Morgan fingerprint density at radius 2 is 1.67 bits per heavy atom. The molecule has 2 saturated heterocycles. The van der Waals surface area contributed by atoms with Gasteiger partial charge in [0.25, 0.3) is 17.5 Å². The molecule has 6 atom stereocenters. The molecule has 2 heterocycles. The average Bonchev–Trinajstić information content (AvgIpc) is 3.56. The fourth-order valence-electron chi connectivity index (χ4n) is 9.00. The molecule has 54 heavy (non-hydrogen) atoms. The van der Waals surface area contributed by atoms with Gasteiger partial charge in [-0.2, -0.15) is 5.01 Å². The Morgan fingerprint density at radius 1 is 0.907 bits per heavy atom. The van der Waals surface area contributed by atoms with Gasteiger partial charge in [0.15, 0.2) is 11.5 Å². The van der Waals surface area contributed by atoms with Gasteiger partial charge >= 0.3 is 0 Å². The van der Waals surface area contributed by atoms with Gasteiger partial charge in [0.1, 0.15) is 0 Å². The van der Waals surface area contributed by atoms with Gasteiger partial charge < -0.3 is 9.84 Å². The fraction of sp³-hybridized carbons (Fsp3) is 0.238. The van der Waals surface area contributed by atoms with Crippen molar-refractivity contribution in [3.63, 3.8) is 0 Å². The molecule has 4 aromatic rings. The lowest BCUT2D eigenvalue weighted by atomic mass is 9.50. The molecule has 3 fully saturated rings. The number of carbonyl (C=O) groups is 4. The van der Waals surface area contributed by atoms with Crippen molar-refractivity contribution in [3.05, 3.63) is 142 Å². The zero-order valence-electron chi connectivity index (χ0n) is 29.4. The number of carbonyl (C=O) groups excluding carboxylic acids is 4. The van der Waals surface area contributed by atoms with Gasteiger partial charge in [0.2, 0.25) is 11.8 Å². The number of fused-ring (bicyclic) bond motifs is 4. The lowest BCUT2D eigenvalue weighted by molar-refractivity contribution is -0.384. The first-order valence-corrected chi connectivity index (χ1v) is 17.7. The Hall–Kier alpha value is -6.56. The number of nitrogens with zero attached hydrogens (tertiary/aromatic N) is 3. The number of anilines is 2. The van der Waals surface area contributed by atoms with Crippen LogP contribution in [0.3, 0.4) is 0 Å². The zero-order valence-corrected chi connectivity index (χ0v) is 29.4. The minimum atomic E-state index is -1.44. The van der Waals surface area contributed by atoms with E-state index >= 15 is 4.79 Å². The predicted octanol–water partition coefficient (Wildman–Crippen LogP) is 6.35. The van der Waals surface area contributed by atoms with Crippen molar-refractivity contribution in [1.82, 2.24) is 5.01 Å². The van der Waals surface area contributed by atoms with Crippen molar-refractivity contribution in [2.45, 2.75) is 25.2 Å². The molecule has 4 aromatic carbocycles. The van der Waals surface area contributed by atoms with Crippen LogP contribution in [0.15, 0.2) is 115 Å². The van der Waals surface area contributed by atoms with Gasteiger partial charge in [-0.1, -0.05) is 84.0 Å². The highest BCUT2D eigenvalue weighted by atomic mass is 16.6. The molecule has 8 rings (SSSR count). The second-order valence-electron chi connectivity index (χ2n) is 14.2. The van der Waals surface area contributed by atoms with E-state index in [1.165, 1.54) is 37.4 Å². The minimum absolute atomic E-state index is 0.0404. The molecule has 0 radical (unpaired) electrons. The van der Waals surface area contributed by atoms with Gasteiger partial charge in [-0.3, -0.25) is 34.7 Å². The van der Waals surface area contributed by atoms with Gasteiger partial charge in [0, 0.05) is 18.1 Å². The Morgan fingerprint density at radius 3 is 2.39 bits per heavy atom. The van der Waals surface area contributed by atoms with E-state index in [1.807, 2.05) is 67.6 Å². The van der Waals surface area contributed by atoms with E-state index in [9.17, 15) is 29.6 Å². The van der Waals surface area contributed by atoms with Crippen molar-refractivity contribution in [2.24, 2.45) is 29.6 Å². The smallest absolute Gasteiger partial charge is 0.271 e. The van der Waals surface area contributed by atoms with E-state index in [-0.39, 0.29) is 35.7 Å². The normalized spacial score (nSPS) is 26.0. The maximum Gasteiger partial charge on any atom is 0.271 e. The van der Waals surface area contributed by atoms with E-state index < -0.39 is 63.6 Å². The monoisotopic (exact) mass is 724 g/mol. The summed E-state index contributed by atoms with van der Waals surface area (Å²) in [6.07, 6.45) is 5.94. The van der Waals surface area contributed by atoms with E-state index in [1.54, 1.807) is 24.3 Å². The quantitative estimate of drug-likeness (QED) is 0.0914. The number of imide groups is 2. The van der Waals surface area contributed by atoms with Gasteiger partial charge in [-0.15, -0.1) is 0 Å². The number of allylic oxidation sites excluding steroid dienone is 3. The fourth-order valence-corrected chi connectivity index (χ4v) is 9.00. The van der Waals surface area contributed by atoms with Gasteiger partial charge in [-0.25, -0.2) is 4.90 Å². The van der Waals surface area contributed by atoms with Gasteiger partial charge in [-0.05, 0) is 67.1 Å². The Bertz CT molecular complexity index is 2290. The van der Waals surface area contributed by atoms with E-state index in [2.05, 4.69) is 5.43 Å². The summed E-state index contributed by atoms with van der Waals surface area (Å²) in [4.78, 5) is 70.5. The highest BCUT2D eigenvalue weighted by Crippen LogP contribution is 2.61. The number of amides is 4. The third-order valence-electron chi connectivity index (χ3n) is 11.4. The molecule has 0 spiro atoms. The highest BCUT2D eigenvalue weighted by Gasteiger charge is 2.69. The van der Waals surface area contributed by atoms with Crippen LogP contribution in [0, 0.1) is 46.6 Å². The number of hydrogen-bond acceptors (Lipinski definition) is 9. The summed E-state index contributed by atoms with van der Waals surface area (Å²) in [6, 6.07) is 26.8. The number of hydrazine groups is 1. The molecule has 272 valence electrons. The summed E-state index contributed by atoms with van der Waals surface area (Å²) in [7, 11) is 1.45. The highest BCUT2D eigenvalue weighted by molar-refractivity contribution is 6.22. The lowest BCUT2D eigenvalue weighted by Crippen LogP contribution is -2.54. The molecular formula is C42H36N4O8. The number of nitrogens with one attached hydrogen (secondary N) is 1. The SMILES string of the molecule is COc1cc(C=CC2C3=CCC4C(=O)N(c5cccc([N+](=O)[O-])c5)C(=O)C4C3CC3C(=O)N(Nc4ccc(C)cc4)C(=O)C23c2ccccc2)ccc1O. The number of non-ortho nitro benzene ring substituents is 1. The Kier molecular flexibility index (Phi) is 8.40. The first-order valence-electron chi connectivity index (χ1n) is 17.7. The summed E-state index contributed by atoms with van der Waals surface area (Å²) in [5.41, 5.74) is 5.12. The van der Waals surface area contributed by atoms with Crippen LogP contribution in [-0.4, -0.2) is 45.8 Å². The number of benzene rings is 4. The summed E-state index contributed by atoms with van der Waals surface area (Å²) in [5, 5.41) is 23.0. The number of aryl methyl sites for hydroxylation is 1. The number of rotatable bonds is 8. The third-order valence-corrected chi connectivity index (χ3v) is 11.4. The van der Waals surface area contributed by atoms with Crippen LogP contribution in [0.5, 0.6) is 11.5 Å². The zero-order chi connectivity index (χ0) is 37.9. The molecule has 4 amide bonds. The minimum Gasteiger partial charge on any atom is -0.504 e. The van der Waals surface area contributed by atoms with Crippen LogP contribution >= 0.6 is 0 Å². The number of phenolic OH excluding ortho intramolecular Hbond substituents is 1. The van der Waals surface area contributed by atoms with Crippen LogP contribution in [-0.2, 0) is 24.6 Å². The van der Waals surface area contributed by atoms with Crippen molar-refractivity contribution in [1.29, 1.82) is 0 Å². The molecule has 2 aliphatic heterocycles. The second kappa shape index (κ2) is 13.1. The first-order chi connectivity index (χ1) is 26.0. The van der Waals surface area contributed by atoms with Crippen LogP contribution < -0.4 is 15.1 Å². The molecule has 12 nitrogen and oxygen atoms in total. The van der Waals surface area contributed by atoms with Crippen LogP contribution in [0.2, 0.25) is 0 Å². The molecule has 12 heteroatoms. The molecule has 4 aliphatic rings. The third kappa shape index (κ3) is 5.27. The number of ether oxygens (including phenoxy) is 1. The number of phenols is 1. The standard InChI is InChI=1S/C42H36N4O8/c1-24-11-15-27(16-12-24)43-45-39(49)34-23-32-30(17-18-31-37(32)40(50)44(38(31)48)28-9-6-10-29(22-28)46(52)53)33(19-13-25-14-20-35(47)36(21-25)54-2)42(34,41(45)51)26-7-4-3-5-8-26/h3-17,19-22,31-34,37,43,47H,18,23H2,1-2H3. The summed E-state index contributed by atoms with van der Waals surface area (Å²) >= 11 is 0. The number of nitro benzene ring substituents is 1. The van der Waals surface area contributed by atoms with Crippen LogP contribution in [0.25, 0.3) is 6.08 Å². The molecule has 0 aromatic heterocycles. The molecule has 1 saturated carbocycles. The molecular weight excluding hydrogens is 688 g/mol. The summed E-state index contributed by atoms with van der Waals surface area (Å²) in [5.74, 6) is -5.56. The van der Waals surface area contributed by atoms with E-state index in [0.717, 1.165) is 21.0 Å². The summed E-state index contributed by atoms with van der Waals surface area (Å²) < 4.78 is 5.35. The van der Waals surface area contributed by atoms with Crippen LogP contribution in [0.4, 0.5) is 17.1 Å². The Labute approximate surface area is 310 Å². The Balaban J connectivity index is 1.28. The maximum absolute atomic E-state index is 15.2. The van der Waals surface area contributed by atoms with Crippen molar-refractivity contribution >= 4 is 46.8 Å². The molecule has 2 N–H and O–H groups in total. The number of nitro groups is 1. The van der Waals surface area contributed by atoms with Gasteiger partial charge in [0.05, 0.1) is 46.6 Å². The average molecular weight is 725 g/mol. The predicted molar refractivity (Wildman–Crippen MR) is 199 cm³/mol. The van der Waals surface area contributed by atoms with E-state index in [0.29, 0.717) is 16.8 Å².